The summed E-state index contributed by atoms with van der Waals surface area (Å²) in [4.78, 5) is 0. The van der Waals surface area contributed by atoms with Gasteiger partial charge in [-0.1, -0.05) is 24.6 Å². The van der Waals surface area contributed by atoms with Gasteiger partial charge in [-0.25, -0.2) is 0 Å². The Hall–Kier alpha value is -1.03. The number of piperidine rings is 1. The molecule has 0 saturated carbocycles. The molecule has 1 saturated heterocycles. The summed E-state index contributed by atoms with van der Waals surface area (Å²) in [6, 6.07) is 5.86. The third-order valence-corrected chi connectivity index (χ3v) is 3.45. The molecular weight excluding hydrogens is 227 g/mol. The molecule has 2 rings (SSSR count). The highest BCUT2D eigenvalue weighted by Gasteiger charge is 2.39. The van der Waals surface area contributed by atoms with Crippen molar-refractivity contribution in [2.75, 3.05) is 6.54 Å². The van der Waals surface area contributed by atoms with Crippen molar-refractivity contribution in [1.82, 2.24) is 5.32 Å². The summed E-state index contributed by atoms with van der Waals surface area (Å²) < 4.78 is 38.8. The van der Waals surface area contributed by atoms with E-state index >= 15 is 0 Å². The SMILES string of the molecule is CC1(c2ccccc2C(F)(F)F)CCCCN1. The molecule has 0 spiro atoms. The quantitative estimate of drug-likeness (QED) is 0.793. The molecule has 1 aromatic rings. The van der Waals surface area contributed by atoms with Crippen LogP contribution in [0.15, 0.2) is 24.3 Å². The van der Waals surface area contributed by atoms with Crippen LogP contribution in [0.4, 0.5) is 13.2 Å². The molecule has 1 fully saturated rings. The van der Waals surface area contributed by atoms with Gasteiger partial charge in [0.1, 0.15) is 0 Å². The minimum Gasteiger partial charge on any atom is -0.308 e. The maximum atomic E-state index is 12.9. The first-order chi connectivity index (χ1) is 7.93. The number of benzene rings is 1. The minimum absolute atomic E-state index is 0.368. The summed E-state index contributed by atoms with van der Waals surface area (Å²) in [6.45, 7) is 2.64. The largest absolute Gasteiger partial charge is 0.416 e. The van der Waals surface area contributed by atoms with E-state index in [1.807, 2.05) is 6.92 Å². The zero-order valence-corrected chi connectivity index (χ0v) is 9.77. The van der Waals surface area contributed by atoms with Crippen molar-refractivity contribution in [3.8, 4) is 0 Å². The lowest BCUT2D eigenvalue weighted by Crippen LogP contribution is -2.44. The topological polar surface area (TPSA) is 12.0 Å². The van der Waals surface area contributed by atoms with Crippen LogP contribution in [-0.4, -0.2) is 6.54 Å². The van der Waals surface area contributed by atoms with Crippen LogP contribution in [0.1, 0.15) is 37.3 Å². The van der Waals surface area contributed by atoms with Gasteiger partial charge < -0.3 is 5.32 Å². The van der Waals surface area contributed by atoms with Crippen molar-refractivity contribution >= 4 is 0 Å². The van der Waals surface area contributed by atoms with E-state index in [2.05, 4.69) is 5.32 Å². The lowest BCUT2D eigenvalue weighted by molar-refractivity contribution is -0.139. The molecule has 1 aliphatic rings. The van der Waals surface area contributed by atoms with Crippen molar-refractivity contribution in [2.45, 2.75) is 37.9 Å². The molecule has 1 atom stereocenters. The fourth-order valence-electron chi connectivity index (χ4n) is 2.50. The van der Waals surface area contributed by atoms with Gasteiger partial charge in [0.15, 0.2) is 0 Å². The summed E-state index contributed by atoms with van der Waals surface area (Å²) in [6.07, 6.45) is -1.53. The summed E-state index contributed by atoms with van der Waals surface area (Å²) in [5.41, 5.74) is -0.700. The van der Waals surface area contributed by atoms with Crippen molar-refractivity contribution < 1.29 is 13.2 Å². The van der Waals surface area contributed by atoms with Crippen LogP contribution in [0.3, 0.4) is 0 Å². The Morgan fingerprint density at radius 2 is 1.88 bits per heavy atom. The third kappa shape index (κ3) is 2.46. The number of alkyl halides is 3. The predicted octanol–water partition coefficient (Wildman–Crippen LogP) is 3.69. The molecule has 0 bridgehead atoms. The maximum Gasteiger partial charge on any atom is 0.416 e. The van der Waals surface area contributed by atoms with Gasteiger partial charge in [-0.2, -0.15) is 13.2 Å². The summed E-state index contributed by atoms with van der Waals surface area (Å²) in [7, 11) is 0. The number of hydrogen-bond acceptors (Lipinski definition) is 1. The van der Waals surface area contributed by atoms with Crippen LogP contribution < -0.4 is 5.32 Å². The van der Waals surface area contributed by atoms with Gasteiger partial charge in [-0.05, 0) is 37.9 Å². The van der Waals surface area contributed by atoms with Gasteiger partial charge in [0.05, 0.1) is 5.56 Å². The highest BCUT2D eigenvalue weighted by Crippen LogP contribution is 2.39. The van der Waals surface area contributed by atoms with E-state index in [0.29, 0.717) is 5.56 Å². The molecule has 0 radical (unpaired) electrons. The molecule has 4 heteroatoms. The van der Waals surface area contributed by atoms with E-state index in [-0.39, 0.29) is 0 Å². The predicted molar refractivity (Wildman–Crippen MR) is 60.6 cm³/mol. The molecule has 94 valence electrons. The molecule has 0 aliphatic carbocycles. The number of rotatable bonds is 1. The Morgan fingerprint density at radius 1 is 1.18 bits per heavy atom. The third-order valence-electron chi connectivity index (χ3n) is 3.45. The zero-order valence-electron chi connectivity index (χ0n) is 9.77. The Morgan fingerprint density at radius 3 is 2.47 bits per heavy atom. The fraction of sp³-hybridized carbons (Fsp3) is 0.538. The second-order valence-corrected chi connectivity index (χ2v) is 4.76. The highest BCUT2D eigenvalue weighted by molar-refractivity contribution is 5.35. The normalized spacial score (nSPS) is 25.9. The first-order valence-corrected chi connectivity index (χ1v) is 5.85. The van der Waals surface area contributed by atoms with Gasteiger partial charge in [-0.3, -0.25) is 0 Å². The second-order valence-electron chi connectivity index (χ2n) is 4.76. The molecule has 1 aromatic carbocycles. The van der Waals surface area contributed by atoms with Gasteiger partial charge >= 0.3 is 6.18 Å². The van der Waals surface area contributed by atoms with Crippen LogP contribution in [-0.2, 0) is 11.7 Å². The number of hydrogen-bond donors (Lipinski definition) is 1. The Balaban J connectivity index is 2.44. The molecule has 17 heavy (non-hydrogen) atoms. The molecule has 1 unspecified atom stereocenters. The van der Waals surface area contributed by atoms with Crippen molar-refractivity contribution in [3.63, 3.8) is 0 Å². The van der Waals surface area contributed by atoms with Gasteiger partial charge in [0, 0.05) is 5.54 Å². The van der Waals surface area contributed by atoms with Gasteiger partial charge in [-0.15, -0.1) is 0 Å². The summed E-state index contributed by atoms with van der Waals surface area (Å²) in [5, 5.41) is 3.22. The smallest absolute Gasteiger partial charge is 0.308 e. The Labute approximate surface area is 99.0 Å². The van der Waals surface area contributed by atoms with Crippen LogP contribution in [0.2, 0.25) is 0 Å². The van der Waals surface area contributed by atoms with Crippen molar-refractivity contribution in [2.24, 2.45) is 0 Å². The lowest BCUT2D eigenvalue weighted by atomic mass is 9.81. The molecule has 1 heterocycles. The highest BCUT2D eigenvalue weighted by atomic mass is 19.4. The van der Waals surface area contributed by atoms with Crippen molar-refractivity contribution in [1.29, 1.82) is 0 Å². The summed E-state index contributed by atoms with van der Waals surface area (Å²) in [5.74, 6) is 0. The summed E-state index contributed by atoms with van der Waals surface area (Å²) >= 11 is 0. The van der Waals surface area contributed by atoms with E-state index in [1.54, 1.807) is 12.1 Å². The van der Waals surface area contributed by atoms with Crippen LogP contribution in [0.25, 0.3) is 0 Å². The second kappa shape index (κ2) is 4.33. The lowest BCUT2D eigenvalue weighted by Gasteiger charge is -2.37. The van der Waals surface area contributed by atoms with E-state index < -0.39 is 17.3 Å². The standard InChI is InChI=1S/C13H16F3N/c1-12(8-4-5-9-17-12)10-6-2-3-7-11(10)13(14,15)16/h2-3,6-7,17H,4-5,8-9H2,1H3. The van der Waals surface area contributed by atoms with Crippen molar-refractivity contribution in [3.05, 3.63) is 35.4 Å². The number of halogens is 3. The Kier molecular flexibility index (Phi) is 3.17. The number of nitrogens with one attached hydrogen (secondary N) is 1. The first kappa shape index (κ1) is 12.4. The molecule has 1 nitrogen and oxygen atoms in total. The Bertz CT molecular complexity index is 392. The van der Waals surface area contributed by atoms with E-state index in [4.69, 9.17) is 0 Å². The molecule has 1 N–H and O–H groups in total. The first-order valence-electron chi connectivity index (χ1n) is 5.85. The maximum absolute atomic E-state index is 12.9. The minimum atomic E-state index is -4.28. The molecular formula is C13H16F3N. The van der Waals surface area contributed by atoms with Crippen LogP contribution in [0, 0.1) is 0 Å². The van der Waals surface area contributed by atoms with E-state index in [0.717, 1.165) is 31.9 Å². The molecule has 0 aromatic heterocycles. The van der Waals surface area contributed by atoms with Gasteiger partial charge in [0.25, 0.3) is 0 Å². The average Bonchev–Trinajstić information content (AvgIpc) is 2.29. The van der Waals surface area contributed by atoms with Crippen LogP contribution >= 0.6 is 0 Å². The van der Waals surface area contributed by atoms with Gasteiger partial charge in [0.2, 0.25) is 0 Å². The molecule has 0 amide bonds. The van der Waals surface area contributed by atoms with E-state index in [9.17, 15) is 13.2 Å². The van der Waals surface area contributed by atoms with E-state index in [1.165, 1.54) is 6.07 Å². The molecule has 1 aliphatic heterocycles. The monoisotopic (exact) mass is 243 g/mol. The fourth-order valence-corrected chi connectivity index (χ4v) is 2.50. The zero-order chi connectivity index (χ0) is 12.5. The average molecular weight is 243 g/mol. The van der Waals surface area contributed by atoms with Crippen LogP contribution in [0.5, 0.6) is 0 Å².